The zero-order valence-corrected chi connectivity index (χ0v) is 7.29. The van der Waals surface area contributed by atoms with Crippen molar-refractivity contribution in [2.75, 3.05) is 6.61 Å². The largest absolute Gasteiger partial charge is 0.221 e. The van der Waals surface area contributed by atoms with E-state index in [-0.39, 0.29) is 0 Å². The van der Waals surface area contributed by atoms with Crippen LogP contribution in [-0.4, -0.2) is 41.9 Å². The maximum atomic E-state index is 6.62. The Hall–Kier alpha value is 0.710. The van der Waals surface area contributed by atoms with E-state index in [0.29, 0.717) is 0 Å². The van der Waals surface area contributed by atoms with Crippen LogP contribution in [0.4, 0.5) is 0 Å². The first kappa shape index (κ1) is 10.6. The third-order valence-corrected chi connectivity index (χ3v) is 1.12. The Morgan fingerprint density at radius 2 is 1.71 bits per heavy atom. The molecule has 0 aliphatic rings. The summed E-state index contributed by atoms with van der Waals surface area (Å²) < 4.78 is 4.67. The topological polar surface area (TPSA) is 58.9 Å². The van der Waals surface area contributed by atoms with Gasteiger partial charge in [-0.05, 0) is 0 Å². The van der Waals surface area contributed by atoms with E-state index in [9.17, 15) is 0 Å². The molecule has 0 rings (SSSR count). The average Bonchev–Trinajstić information content (AvgIpc) is 1.69. The van der Waals surface area contributed by atoms with E-state index in [1.807, 2.05) is 6.92 Å². The Morgan fingerprint density at radius 3 is 1.71 bits per heavy atom. The van der Waals surface area contributed by atoms with Crippen molar-refractivity contribution in [1.82, 2.24) is 0 Å². The van der Waals surface area contributed by atoms with E-state index in [0.717, 1.165) is 31.4 Å². The van der Waals surface area contributed by atoms with Crippen LogP contribution >= 0.6 is 0 Å². The van der Waals surface area contributed by atoms with Gasteiger partial charge >= 0.3 is 41.2 Å². The van der Waals surface area contributed by atoms with Gasteiger partial charge in [-0.1, -0.05) is 5.04 Å². The Morgan fingerprint density at radius 1 is 1.57 bits per heavy atom. The summed E-state index contributed by atoms with van der Waals surface area (Å²) in [7, 11) is 0. The van der Waals surface area contributed by atoms with Crippen LogP contribution in [0, 0.1) is 0 Å². The molecule has 42 valence electrons. The van der Waals surface area contributed by atoms with E-state index >= 15 is 0 Å². The summed E-state index contributed by atoms with van der Waals surface area (Å²) in [4.78, 5) is 0. The molecule has 0 spiro atoms. The molecule has 0 saturated heterocycles. The van der Waals surface area contributed by atoms with Crippen LogP contribution in [-0.2, 0) is 7.89 Å². The van der Waals surface area contributed by atoms with Crippen LogP contribution in [0.1, 0.15) is 6.92 Å². The van der Waals surface area contributed by atoms with Gasteiger partial charge in [-0.15, -0.1) is 0 Å². The summed E-state index contributed by atoms with van der Waals surface area (Å²) in [5.41, 5.74) is 0. The maximum absolute atomic E-state index is 6.62. The molecule has 0 aliphatic heterocycles. The first-order chi connectivity index (χ1) is 3.33. The van der Waals surface area contributed by atoms with E-state index in [4.69, 9.17) is 10.5 Å². The summed E-state index contributed by atoms with van der Waals surface area (Å²) in [5, 5.41) is 15.5. The number of hydrogen-bond donors (Lipinski definition) is 2. The molecule has 0 unspecified atom stereocenters. The van der Waals surface area contributed by atoms with Crippen molar-refractivity contribution >= 4 is 24.8 Å². The van der Waals surface area contributed by atoms with Crippen molar-refractivity contribution in [2.24, 2.45) is 0 Å². The molecule has 7 heavy (non-hydrogen) atoms. The van der Waals surface area contributed by atoms with Crippen molar-refractivity contribution in [2.45, 2.75) is 6.92 Å². The molecule has 0 amide bonds. The monoisotopic (exact) mass is 210 g/mol. The molecule has 2 radical (unpaired) electrons. The molecule has 0 aromatic heterocycles. The van der Waals surface area contributed by atoms with Gasteiger partial charge in [0.25, 0.3) is 0 Å². The van der Waals surface area contributed by atoms with Crippen molar-refractivity contribution in [3.05, 3.63) is 0 Å². The van der Waals surface area contributed by atoms with Gasteiger partial charge in [-0.25, -0.2) is 10.5 Å². The molecule has 0 heterocycles. The summed E-state index contributed by atoms with van der Waals surface area (Å²) in [6, 6.07) is 0. The van der Waals surface area contributed by atoms with E-state index in [1.165, 1.54) is 0 Å². The zero-order valence-electron chi connectivity index (χ0n) is 4.00. The summed E-state index contributed by atoms with van der Waals surface area (Å²) in [6.07, 6.45) is 0. The van der Waals surface area contributed by atoms with Gasteiger partial charge in [0.15, 0.2) is 0 Å². The first-order valence-corrected chi connectivity index (χ1v) is 2.94. The van der Waals surface area contributed by atoms with E-state index in [1.54, 1.807) is 0 Å². The molecule has 0 bridgehead atoms. The summed E-state index contributed by atoms with van der Waals surface area (Å²) in [6.45, 7) is 2.87. The van der Waals surface area contributed by atoms with Gasteiger partial charge in [0.05, 0.1) is 0 Å². The number of hydrogen-bond acceptors (Lipinski definition) is 4. The zero-order chi connectivity index (χ0) is 6.12. The molecule has 5 heteroatoms. The smallest absolute Gasteiger partial charge is 0.0737 e. The van der Waals surface area contributed by atoms with Crippen LogP contribution in [0.5, 0.6) is 0 Å². The third kappa shape index (κ3) is 50.9. The summed E-state index contributed by atoms with van der Waals surface area (Å²) >= 11 is 0.940. The molecular formula is C2H7InO4. The molecule has 0 fully saturated rings. The van der Waals surface area contributed by atoms with Gasteiger partial charge < -0.3 is 0 Å². The standard InChI is InChI=1S/C2H5O.In.H2O3/c1-2-3;;1-3-2/h2H2,1H3;;1-2H/q-1;+1;. The molecule has 0 aromatic rings. The molecule has 0 aromatic carbocycles. The fourth-order valence-electron chi connectivity index (χ4n) is 0. The molecular weight excluding hydrogens is 203 g/mol. The summed E-state index contributed by atoms with van der Waals surface area (Å²) in [5.74, 6) is 0. The first-order valence-electron chi connectivity index (χ1n) is 1.60. The van der Waals surface area contributed by atoms with Gasteiger partial charge in [0, 0.05) is 0 Å². The Kier molecular flexibility index (Phi) is 24.2. The predicted molar refractivity (Wildman–Crippen MR) is 23.7 cm³/mol. The van der Waals surface area contributed by atoms with Gasteiger partial charge in [-0.3, -0.25) is 0 Å². The van der Waals surface area contributed by atoms with Crippen molar-refractivity contribution < 1.29 is 18.4 Å². The van der Waals surface area contributed by atoms with Gasteiger partial charge in [0.1, 0.15) is 0 Å². The second-order valence-corrected chi connectivity index (χ2v) is 1.49. The van der Waals surface area contributed by atoms with Crippen LogP contribution in [0.2, 0.25) is 0 Å². The minimum Gasteiger partial charge on any atom is -0.221 e. The van der Waals surface area contributed by atoms with E-state index in [2.05, 4.69) is 7.89 Å². The molecule has 4 nitrogen and oxygen atoms in total. The molecule has 0 atom stereocenters. The third-order valence-electron chi connectivity index (χ3n) is 0.167. The van der Waals surface area contributed by atoms with E-state index < -0.39 is 0 Å². The molecule has 0 saturated carbocycles. The predicted octanol–water partition coefficient (Wildman–Crippen LogP) is 0.0554. The average molecular weight is 210 g/mol. The second kappa shape index (κ2) is 15.9. The number of rotatable bonds is 1. The minimum atomic E-state index is 0.877. The SMILES string of the molecule is CC[O][In].OOO. The fraction of sp³-hybridized carbons (Fsp3) is 1.00. The Bertz CT molecular complexity index is 17.2. The van der Waals surface area contributed by atoms with Crippen LogP contribution in [0.25, 0.3) is 0 Å². The normalized spacial score (nSPS) is 6.71. The van der Waals surface area contributed by atoms with Crippen LogP contribution in [0.3, 0.4) is 0 Å². The fourth-order valence-corrected chi connectivity index (χ4v) is 0. The van der Waals surface area contributed by atoms with Gasteiger partial charge in [-0.2, -0.15) is 0 Å². The molecule has 2 N–H and O–H groups in total. The Balaban J connectivity index is 0. The Labute approximate surface area is 57.1 Å². The molecule has 0 aliphatic carbocycles. The second-order valence-electron chi connectivity index (χ2n) is 0.537. The van der Waals surface area contributed by atoms with Crippen molar-refractivity contribution in [1.29, 1.82) is 0 Å². The van der Waals surface area contributed by atoms with Crippen molar-refractivity contribution in [3.63, 3.8) is 0 Å². The van der Waals surface area contributed by atoms with Crippen LogP contribution in [0.15, 0.2) is 0 Å². The maximum Gasteiger partial charge on any atom is -0.0737 e. The van der Waals surface area contributed by atoms with Crippen molar-refractivity contribution in [3.8, 4) is 0 Å². The quantitative estimate of drug-likeness (QED) is 0.474. The van der Waals surface area contributed by atoms with Gasteiger partial charge in [0.2, 0.25) is 0 Å². The minimum absolute atomic E-state index is 0.877. The van der Waals surface area contributed by atoms with Crippen LogP contribution < -0.4 is 0 Å².